The number of alkyl halides is 3. The number of halogens is 3. The zero-order valence-electron chi connectivity index (χ0n) is 24.7. The van der Waals surface area contributed by atoms with E-state index in [2.05, 4.69) is 10.6 Å². The fourth-order valence-electron chi connectivity index (χ4n) is 3.90. The maximum Gasteiger partial charge on any atom is 0.391 e. The number of carbonyl (C=O) groups excluding carboxylic acids is 3. The topological polar surface area (TPSA) is 129 Å². The summed E-state index contributed by atoms with van der Waals surface area (Å²) in [4.78, 5) is 38.1. The third-order valence-corrected chi connectivity index (χ3v) is 6.07. The number of nitrogens with two attached hydrogens (primary N) is 1. The number of methoxy groups -OCH3 is 1. The molecule has 2 rings (SSSR count). The van der Waals surface area contributed by atoms with Crippen LogP contribution in [0.25, 0.3) is 0 Å². The van der Waals surface area contributed by atoms with Crippen molar-refractivity contribution in [2.45, 2.75) is 77.4 Å². The van der Waals surface area contributed by atoms with E-state index >= 15 is 0 Å². The first-order chi connectivity index (χ1) is 19.5. The van der Waals surface area contributed by atoms with Crippen LogP contribution in [-0.2, 0) is 25.5 Å². The number of benzene rings is 2. The largest absolute Gasteiger partial charge is 0.497 e. The fraction of sp³-hybridized carbons (Fsp3) is 0.500. The van der Waals surface area contributed by atoms with Crippen molar-refractivity contribution in [3.05, 3.63) is 59.7 Å². The average Bonchev–Trinajstić information content (AvgIpc) is 2.89. The van der Waals surface area contributed by atoms with Crippen LogP contribution in [0, 0.1) is 5.92 Å². The number of rotatable bonds is 13. The molecule has 0 aliphatic rings. The minimum Gasteiger partial charge on any atom is -0.497 e. The van der Waals surface area contributed by atoms with E-state index in [1.54, 1.807) is 83.1 Å². The van der Waals surface area contributed by atoms with Gasteiger partial charge < -0.3 is 30.6 Å². The molecule has 3 atom stereocenters. The normalized spacial score (nSPS) is 14.0. The summed E-state index contributed by atoms with van der Waals surface area (Å²) in [7, 11) is 1.46. The number of carbonyl (C=O) groups is 3. The van der Waals surface area contributed by atoms with Crippen molar-refractivity contribution in [3.63, 3.8) is 0 Å². The van der Waals surface area contributed by atoms with Crippen molar-refractivity contribution in [1.29, 1.82) is 0 Å². The lowest BCUT2D eigenvalue weighted by molar-refractivity contribution is -0.157. The Bertz CT molecular complexity index is 1180. The van der Waals surface area contributed by atoms with E-state index in [-0.39, 0.29) is 13.0 Å². The molecule has 2 unspecified atom stereocenters. The summed E-state index contributed by atoms with van der Waals surface area (Å²) in [5.74, 6) is -1.59. The van der Waals surface area contributed by atoms with E-state index in [0.29, 0.717) is 22.6 Å². The van der Waals surface area contributed by atoms with Crippen molar-refractivity contribution in [1.82, 2.24) is 10.6 Å². The Hall–Kier alpha value is -3.80. The maximum absolute atomic E-state index is 13.2. The average molecular weight is 596 g/mol. The standard InChI is InChI=1S/C30H40F3N3O6/c1-18(2)24(16-30(31,32)33)35-28(39)26(20-9-13-21(40-6)14-10-20)36-27(38)23(34)15-19-7-11-22(12-8-19)41-17-25(37)42-29(3,4)5/h7-14,18,23-24,26H,15-17,34H2,1-6H3,(H,35,39)(H,36,38)/t23?,24-,26?/m1/s1. The first kappa shape index (κ1) is 34.4. The Kier molecular flexibility index (Phi) is 12.2. The van der Waals surface area contributed by atoms with Crippen LogP contribution in [0.5, 0.6) is 11.5 Å². The zero-order valence-corrected chi connectivity index (χ0v) is 24.7. The molecule has 12 heteroatoms. The second kappa shape index (κ2) is 14.9. The molecule has 0 heterocycles. The summed E-state index contributed by atoms with van der Waals surface area (Å²) in [5, 5.41) is 5.03. The summed E-state index contributed by atoms with van der Waals surface area (Å²) in [6.07, 6.45) is -5.60. The Morgan fingerprint density at radius 3 is 1.95 bits per heavy atom. The number of hydrogen-bond acceptors (Lipinski definition) is 7. The van der Waals surface area contributed by atoms with Gasteiger partial charge in [-0.05, 0) is 68.5 Å². The molecule has 0 radical (unpaired) electrons. The lowest BCUT2D eigenvalue weighted by atomic mass is 9.98. The van der Waals surface area contributed by atoms with Gasteiger partial charge in [0.1, 0.15) is 23.1 Å². The number of nitrogens with one attached hydrogen (secondary N) is 2. The molecule has 0 fully saturated rings. The molecular formula is C30H40F3N3O6. The highest BCUT2D eigenvalue weighted by molar-refractivity contribution is 5.90. The van der Waals surface area contributed by atoms with Crippen LogP contribution in [0.4, 0.5) is 13.2 Å². The SMILES string of the molecule is COc1ccc(C(NC(=O)C(N)Cc2ccc(OCC(=O)OC(C)(C)C)cc2)C(=O)N[C@H](CC(F)(F)F)C(C)C)cc1. The molecule has 0 aliphatic heterocycles. The highest BCUT2D eigenvalue weighted by Gasteiger charge is 2.36. The van der Waals surface area contributed by atoms with Crippen molar-refractivity contribution in [2.24, 2.45) is 11.7 Å². The van der Waals surface area contributed by atoms with Crippen molar-refractivity contribution in [3.8, 4) is 11.5 Å². The molecule has 4 N–H and O–H groups in total. The van der Waals surface area contributed by atoms with E-state index < -0.39 is 60.0 Å². The van der Waals surface area contributed by atoms with Gasteiger partial charge in [-0.25, -0.2) is 4.79 Å². The molecule has 0 aliphatic carbocycles. The minimum absolute atomic E-state index is 0.0951. The molecule has 9 nitrogen and oxygen atoms in total. The summed E-state index contributed by atoms with van der Waals surface area (Å²) in [5.41, 5.74) is 6.53. The fourth-order valence-corrected chi connectivity index (χ4v) is 3.90. The van der Waals surface area contributed by atoms with Crippen LogP contribution < -0.4 is 25.8 Å². The summed E-state index contributed by atoms with van der Waals surface area (Å²) in [6.45, 7) is 8.12. The number of amides is 2. The zero-order chi connectivity index (χ0) is 31.7. The molecule has 232 valence electrons. The van der Waals surface area contributed by atoms with E-state index in [9.17, 15) is 27.6 Å². The third kappa shape index (κ3) is 12.0. The van der Waals surface area contributed by atoms with Gasteiger partial charge >= 0.3 is 12.1 Å². The van der Waals surface area contributed by atoms with Crippen LogP contribution in [0.15, 0.2) is 48.5 Å². The third-order valence-electron chi connectivity index (χ3n) is 6.07. The lowest BCUT2D eigenvalue weighted by Crippen LogP contribution is -2.50. The summed E-state index contributed by atoms with van der Waals surface area (Å²) < 4.78 is 55.2. The highest BCUT2D eigenvalue weighted by atomic mass is 19.4. The predicted octanol–water partition coefficient (Wildman–Crippen LogP) is 4.24. The lowest BCUT2D eigenvalue weighted by Gasteiger charge is -2.27. The number of hydrogen-bond donors (Lipinski definition) is 3. The molecule has 2 aromatic rings. The Morgan fingerprint density at radius 2 is 1.45 bits per heavy atom. The molecule has 0 bridgehead atoms. The monoisotopic (exact) mass is 595 g/mol. The van der Waals surface area contributed by atoms with Crippen LogP contribution in [0.1, 0.15) is 58.2 Å². The molecule has 42 heavy (non-hydrogen) atoms. The van der Waals surface area contributed by atoms with Gasteiger partial charge in [0, 0.05) is 6.04 Å². The second-order valence-electron chi connectivity index (χ2n) is 11.2. The second-order valence-corrected chi connectivity index (χ2v) is 11.2. The van der Waals surface area contributed by atoms with Crippen LogP contribution in [0.3, 0.4) is 0 Å². The molecule has 0 saturated heterocycles. The first-order valence-corrected chi connectivity index (χ1v) is 13.5. The first-order valence-electron chi connectivity index (χ1n) is 13.5. The Balaban J connectivity index is 2.11. The van der Waals surface area contributed by atoms with E-state index in [0.717, 1.165) is 0 Å². The Labute approximate surface area is 244 Å². The summed E-state index contributed by atoms with van der Waals surface area (Å²) >= 11 is 0. The van der Waals surface area contributed by atoms with Gasteiger partial charge in [0.05, 0.1) is 19.6 Å². The van der Waals surface area contributed by atoms with E-state index in [4.69, 9.17) is 19.9 Å². The van der Waals surface area contributed by atoms with Gasteiger partial charge in [-0.1, -0.05) is 38.1 Å². The molecule has 2 aromatic carbocycles. The van der Waals surface area contributed by atoms with E-state index in [1.807, 2.05) is 0 Å². The van der Waals surface area contributed by atoms with Gasteiger partial charge in [-0.15, -0.1) is 0 Å². The van der Waals surface area contributed by atoms with E-state index in [1.165, 1.54) is 7.11 Å². The molecule has 0 aromatic heterocycles. The maximum atomic E-state index is 13.2. The van der Waals surface area contributed by atoms with Crippen LogP contribution in [0.2, 0.25) is 0 Å². The van der Waals surface area contributed by atoms with Crippen molar-refractivity contribution >= 4 is 17.8 Å². The van der Waals surface area contributed by atoms with Crippen LogP contribution in [-0.4, -0.2) is 55.4 Å². The number of esters is 1. The van der Waals surface area contributed by atoms with Gasteiger partial charge in [0.25, 0.3) is 0 Å². The molecule has 0 spiro atoms. The quantitative estimate of drug-likeness (QED) is 0.296. The molecular weight excluding hydrogens is 555 g/mol. The minimum atomic E-state index is -4.49. The van der Waals surface area contributed by atoms with Gasteiger partial charge in [0.2, 0.25) is 11.8 Å². The highest BCUT2D eigenvalue weighted by Crippen LogP contribution is 2.26. The molecule has 2 amide bonds. The van der Waals surface area contributed by atoms with Gasteiger partial charge in [-0.3, -0.25) is 9.59 Å². The predicted molar refractivity (Wildman–Crippen MR) is 151 cm³/mol. The van der Waals surface area contributed by atoms with Crippen molar-refractivity contribution in [2.75, 3.05) is 13.7 Å². The summed E-state index contributed by atoms with van der Waals surface area (Å²) in [6, 6.07) is 9.24. The van der Waals surface area contributed by atoms with Crippen LogP contribution >= 0.6 is 0 Å². The number of ether oxygens (including phenoxy) is 3. The van der Waals surface area contributed by atoms with Crippen molar-refractivity contribution < 1.29 is 41.8 Å². The molecule has 0 saturated carbocycles. The van der Waals surface area contributed by atoms with Gasteiger partial charge in [-0.2, -0.15) is 13.2 Å². The van der Waals surface area contributed by atoms with Gasteiger partial charge in [0.15, 0.2) is 6.61 Å². The smallest absolute Gasteiger partial charge is 0.391 e. The Morgan fingerprint density at radius 1 is 0.881 bits per heavy atom.